The van der Waals surface area contributed by atoms with E-state index in [4.69, 9.17) is 0 Å². The Bertz CT molecular complexity index is 319. The predicted molar refractivity (Wildman–Crippen MR) is 66.3 cm³/mol. The van der Waals surface area contributed by atoms with Crippen LogP contribution in [-0.4, -0.2) is 22.4 Å². The van der Waals surface area contributed by atoms with Crippen molar-refractivity contribution in [2.45, 2.75) is 45.1 Å². The summed E-state index contributed by atoms with van der Waals surface area (Å²) in [4.78, 5) is 0. The third-order valence-electron chi connectivity index (χ3n) is 3.57. The maximum Gasteiger partial charge on any atom is 0.0521 e. The Labute approximate surface area is 98.2 Å². The molecule has 90 valence electrons. The minimum absolute atomic E-state index is 0.736. The molecule has 1 N–H and O–H groups in total. The number of aromatic nitrogens is 2. The van der Waals surface area contributed by atoms with Gasteiger partial charge in [0.05, 0.1) is 6.20 Å². The molecule has 0 aromatic carbocycles. The fraction of sp³-hybridized carbons (Fsp3) is 0.769. The van der Waals surface area contributed by atoms with Crippen LogP contribution in [0.2, 0.25) is 0 Å². The Kier molecular flexibility index (Phi) is 3.99. The van der Waals surface area contributed by atoms with E-state index in [0.29, 0.717) is 0 Å². The van der Waals surface area contributed by atoms with Gasteiger partial charge in [0, 0.05) is 19.3 Å². The molecule has 1 aromatic heterocycles. The third-order valence-corrected chi connectivity index (χ3v) is 3.57. The van der Waals surface area contributed by atoms with Gasteiger partial charge in [-0.2, -0.15) is 5.10 Å². The Morgan fingerprint density at radius 3 is 3.06 bits per heavy atom. The topological polar surface area (TPSA) is 29.9 Å². The van der Waals surface area contributed by atoms with Crippen LogP contribution in [0.25, 0.3) is 0 Å². The SMILES string of the molecule is CCCNC1CCCC1Cc1cnn(C)c1. The quantitative estimate of drug-likeness (QED) is 0.825. The number of rotatable bonds is 5. The number of hydrogen-bond donors (Lipinski definition) is 1. The minimum Gasteiger partial charge on any atom is -0.314 e. The highest BCUT2D eigenvalue weighted by atomic mass is 15.2. The molecule has 16 heavy (non-hydrogen) atoms. The molecule has 1 aromatic rings. The van der Waals surface area contributed by atoms with Gasteiger partial charge in [0.1, 0.15) is 0 Å². The lowest BCUT2D eigenvalue weighted by Gasteiger charge is -2.20. The van der Waals surface area contributed by atoms with Crippen molar-refractivity contribution in [1.82, 2.24) is 15.1 Å². The zero-order chi connectivity index (χ0) is 11.4. The molecule has 2 atom stereocenters. The molecule has 3 heteroatoms. The van der Waals surface area contributed by atoms with Gasteiger partial charge < -0.3 is 5.32 Å². The zero-order valence-electron chi connectivity index (χ0n) is 10.4. The van der Waals surface area contributed by atoms with Crippen molar-refractivity contribution in [3.05, 3.63) is 18.0 Å². The van der Waals surface area contributed by atoms with Crippen molar-refractivity contribution >= 4 is 0 Å². The first-order valence-electron chi connectivity index (χ1n) is 6.50. The van der Waals surface area contributed by atoms with Crippen LogP contribution >= 0.6 is 0 Å². The molecular formula is C13H23N3. The van der Waals surface area contributed by atoms with E-state index in [1.165, 1.54) is 37.7 Å². The summed E-state index contributed by atoms with van der Waals surface area (Å²) in [7, 11) is 1.99. The lowest BCUT2D eigenvalue weighted by molar-refractivity contribution is 0.399. The summed E-state index contributed by atoms with van der Waals surface area (Å²) in [5.74, 6) is 0.816. The second kappa shape index (κ2) is 5.48. The van der Waals surface area contributed by atoms with Crippen molar-refractivity contribution in [2.75, 3.05) is 6.54 Å². The van der Waals surface area contributed by atoms with E-state index in [1.807, 2.05) is 17.9 Å². The zero-order valence-corrected chi connectivity index (χ0v) is 10.4. The van der Waals surface area contributed by atoms with Crippen LogP contribution in [0.3, 0.4) is 0 Å². The van der Waals surface area contributed by atoms with Crippen LogP contribution in [0.4, 0.5) is 0 Å². The van der Waals surface area contributed by atoms with Crippen LogP contribution in [0, 0.1) is 5.92 Å². The molecule has 2 rings (SSSR count). The first kappa shape index (κ1) is 11.6. The normalized spacial score (nSPS) is 25.1. The van der Waals surface area contributed by atoms with Gasteiger partial charge in [-0.3, -0.25) is 4.68 Å². The van der Waals surface area contributed by atoms with Crippen molar-refractivity contribution in [1.29, 1.82) is 0 Å². The Morgan fingerprint density at radius 1 is 1.50 bits per heavy atom. The third kappa shape index (κ3) is 2.85. The van der Waals surface area contributed by atoms with Gasteiger partial charge in [-0.05, 0) is 43.7 Å². The second-order valence-corrected chi connectivity index (χ2v) is 4.98. The highest BCUT2D eigenvalue weighted by molar-refractivity contribution is 5.06. The highest BCUT2D eigenvalue weighted by Crippen LogP contribution is 2.28. The molecule has 0 radical (unpaired) electrons. The molecule has 3 nitrogen and oxygen atoms in total. The fourth-order valence-electron chi connectivity index (χ4n) is 2.76. The summed E-state index contributed by atoms with van der Waals surface area (Å²) in [6.45, 7) is 3.40. The average molecular weight is 221 g/mol. The molecule has 0 amide bonds. The Balaban J connectivity index is 1.88. The lowest BCUT2D eigenvalue weighted by Crippen LogP contribution is -2.33. The summed E-state index contributed by atoms with van der Waals surface area (Å²) in [6.07, 6.45) is 10.7. The smallest absolute Gasteiger partial charge is 0.0521 e. The van der Waals surface area contributed by atoms with Gasteiger partial charge in [0.15, 0.2) is 0 Å². The molecule has 1 saturated carbocycles. The molecule has 1 aliphatic carbocycles. The second-order valence-electron chi connectivity index (χ2n) is 4.98. The number of nitrogens with zero attached hydrogens (tertiary/aromatic N) is 2. The van der Waals surface area contributed by atoms with Crippen molar-refractivity contribution in [2.24, 2.45) is 13.0 Å². The first-order valence-corrected chi connectivity index (χ1v) is 6.50. The minimum atomic E-state index is 0.736. The summed E-state index contributed by atoms with van der Waals surface area (Å²) in [5, 5.41) is 7.92. The largest absolute Gasteiger partial charge is 0.314 e. The van der Waals surface area contributed by atoms with Crippen molar-refractivity contribution in [3.8, 4) is 0 Å². The number of hydrogen-bond acceptors (Lipinski definition) is 2. The van der Waals surface area contributed by atoms with Crippen molar-refractivity contribution in [3.63, 3.8) is 0 Å². The van der Waals surface area contributed by atoms with Gasteiger partial charge in [-0.1, -0.05) is 13.3 Å². The summed E-state index contributed by atoms with van der Waals surface area (Å²) >= 11 is 0. The van der Waals surface area contributed by atoms with E-state index in [2.05, 4.69) is 23.5 Å². The lowest BCUT2D eigenvalue weighted by atomic mass is 9.96. The van der Waals surface area contributed by atoms with Crippen LogP contribution in [-0.2, 0) is 13.5 Å². The van der Waals surface area contributed by atoms with Gasteiger partial charge in [-0.25, -0.2) is 0 Å². The van der Waals surface area contributed by atoms with E-state index in [0.717, 1.165) is 18.5 Å². The Morgan fingerprint density at radius 2 is 2.38 bits per heavy atom. The summed E-state index contributed by atoms with van der Waals surface area (Å²) < 4.78 is 1.90. The molecule has 0 saturated heterocycles. The van der Waals surface area contributed by atoms with Gasteiger partial charge in [-0.15, -0.1) is 0 Å². The maximum atomic E-state index is 4.24. The van der Waals surface area contributed by atoms with E-state index < -0.39 is 0 Å². The molecule has 1 heterocycles. The fourth-order valence-corrected chi connectivity index (χ4v) is 2.76. The summed E-state index contributed by atoms with van der Waals surface area (Å²) in [6, 6.07) is 0.736. The first-order chi connectivity index (χ1) is 7.79. The van der Waals surface area contributed by atoms with Crippen molar-refractivity contribution < 1.29 is 0 Å². The van der Waals surface area contributed by atoms with E-state index in [-0.39, 0.29) is 0 Å². The van der Waals surface area contributed by atoms with Crippen LogP contribution in [0.1, 0.15) is 38.2 Å². The molecule has 1 fully saturated rings. The Hall–Kier alpha value is -0.830. The molecule has 2 unspecified atom stereocenters. The highest BCUT2D eigenvalue weighted by Gasteiger charge is 2.26. The van der Waals surface area contributed by atoms with Gasteiger partial charge in [0.2, 0.25) is 0 Å². The maximum absolute atomic E-state index is 4.24. The van der Waals surface area contributed by atoms with E-state index >= 15 is 0 Å². The van der Waals surface area contributed by atoms with Gasteiger partial charge in [0.25, 0.3) is 0 Å². The number of nitrogens with one attached hydrogen (secondary N) is 1. The standard InChI is InChI=1S/C13H23N3/c1-3-7-14-13-6-4-5-12(13)8-11-9-15-16(2)10-11/h9-10,12-14H,3-8H2,1-2H3. The van der Waals surface area contributed by atoms with E-state index in [1.54, 1.807) is 0 Å². The average Bonchev–Trinajstić information content (AvgIpc) is 2.86. The molecule has 0 bridgehead atoms. The molecule has 0 aliphatic heterocycles. The van der Waals surface area contributed by atoms with Gasteiger partial charge >= 0.3 is 0 Å². The molecule has 1 aliphatic rings. The number of aryl methyl sites for hydroxylation is 1. The monoisotopic (exact) mass is 221 g/mol. The van der Waals surface area contributed by atoms with Crippen LogP contribution in [0.15, 0.2) is 12.4 Å². The van der Waals surface area contributed by atoms with Crippen LogP contribution in [0.5, 0.6) is 0 Å². The predicted octanol–water partition coefficient (Wildman–Crippen LogP) is 2.13. The molecular weight excluding hydrogens is 198 g/mol. The molecule has 0 spiro atoms. The van der Waals surface area contributed by atoms with Crippen LogP contribution < -0.4 is 5.32 Å². The van der Waals surface area contributed by atoms with E-state index in [9.17, 15) is 0 Å². The summed E-state index contributed by atoms with van der Waals surface area (Å²) in [5.41, 5.74) is 1.39.